The van der Waals surface area contributed by atoms with Crippen molar-refractivity contribution in [2.45, 2.75) is 23.5 Å². The molecular weight excluding hydrogens is 341 g/mol. The van der Waals surface area contributed by atoms with Crippen LogP contribution in [0.4, 0.5) is 0 Å². The second-order valence-electron chi connectivity index (χ2n) is 4.56. The Morgan fingerprint density at radius 2 is 2.10 bits per heavy atom. The van der Waals surface area contributed by atoms with E-state index in [1.165, 1.54) is 18.2 Å². The molecule has 0 bridgehead atoms. The number of halogens is 2. The van der Waals surface area contributed by atoms with E-state index in [-0.39, 0.29) is 27.9 Å². The fraction of sp³-hybridized carbons (Fsp3) is 0.417. The lowest BCUT2D eigenvalue weighted by atomic mass is 10.2. The van der Waals surface area contributed by atoms with Gasteiger partial charge in [-0.3, -0.25) is 4.79 Å². The summed E-state index contributed by atoms with van der Waals surface area (Å²) in [5, 5.41) is 9.64. The fourth-order valence-electron chi connectivity index (χ4n) is 2.21. The second kappa shape index (κ2) is 6.10. The number of hydrogen-bond donors (Lipinski definition) is 1. The number of hydrogen-bond acceptors (Lipinski definition) is 5. The van der Waals surface area contributed by atoms with Gasteiger partial charge >= 0.3 is 5.97 Å². The molecule has 1 aromatic rings. The summed E-state index contributed by atoms with van der Waals surface area (Å²) in [6, 6.07) is 3.12. The Labute approximate surface area is 132 Å². The van der Waals surface area contributed by atoms with Crippen molar-refractivity contribution in [3.05, 3.63) is 28.2 Å². The van der Waals surface area contributed by atoms with E-state index in [2.05, 4.69) is 4.74 Å². The maximum atomic E-state index is 12.6. The van der Waals surface area contributed by atoms with Crippen LogP contribution in [-0.4, -0.2) is 49.6 Å². The van der Waals surface area contributed by atoms with Crippen LogP contribution in [0.5, 0.6) is 0 Å². The molecule has 0 spiro atoms. The molecule has 0 aliphatic carbocycles. The molecule has 2 rings (SSSR count). The van der Waals surface area contributed by atoms with Crippen molar-refractivity contribution in [2.24, 2.45) is 0 Å². The first kappa shape index (κ1) is 16.5. The molecule has 1 fully saturated rings. The lowest BCUT2D eigenvalue weighted by molar-refractivity contribution is -0.144. The molecule has 2 unspecified atom stereocenters. The number of nitrogens with zero attached hydrogens (tertiary/aromatic N) is 1. The highest BCUT2D eigenvalue weighted by molar-refractivity contribution is 7.89. The predicted octanol–water partition coefficient (Wildman–Crippen LogP) is 1.29. The first-order chi connectivity index (χ1) is 9.78. The summed E-state index contributed by atoms with van der Waals surface area (Å²) in [5.41, 5.74) is 0. The highest BCUT2D eigenvalue weighted by Gasteiger charge is 2.44. The van der Waals surface area contributed by atoms with Gasteiger partial charge in [0.2, 0.25) is 10.0 Å². The van der Waals surface area contributed by atoms with E-state index in [0.29, 0.717) is 0 Å². The number of aliphatic hydroxyl groups excluding tert-OH is 1. The SMILES string of the molecule is COC(=O)C1CC(O)CN1S(=O)(=O)c1cccc(Cl)c1Cl. The van der Waals surface area contributed by atoms with Gasteiger partial charge in [-0.05, 0) is 12.1 Å². The van der Waals surface area contributed by atoms with Crippen LogP contribution < -0.4 is 0 Å². The molecule has 2 atom stereocenters. The van der Waals surface area contributed by atoms with Crippen LogP contribution in [-0.2, 0) is 19.6 Å². The van der Waals surface area contributed by atoms with Crippen LogP contribution in [0, 0.1) is 0 Å². The summed E-state index contributed by atoms with van der Waals surface area (Å²) in [5.74, 6) is -0.728. The van der Waals surface area contributed by atoms with Gasteiger partial charge in [0, 0.05) is 13.0 Å². The molecule has 6 nitrogen and oxygen atoms in total. The monoisotopic (exact) mass is 353 g/mol. The summed E-state index contributed by atoms with van der Waals surface area (Å²) in [6.07, 6.45) is -0.966. The molecule has 1 saturated heterocycles. The molecule has 0 aromatic heterocycles. The van der Waals surface area contributed by atoms with Crippen LogP contribution in [0.2, 0.25) is 10.0 Å². The van der Waals surface area contributed by atoms with Crippen molar-refractivity contribution in [3.8, 4) is 0 Å². The lowest BCUT2D eigenvalue weighted by Gasteiger charge is -2.22. The van der Waals surface area contributed by atoms with E-state index < -0.39 is 28.1 Å². The van der Waals surface area contributed by atoms with Gasteiger partial charge in [-0.25, -0.2) is 8.42 Å². The Hall–Kier alpha value is -0.860. The van der Waals surface area contributed by atoms with Gasteiger partial charge in [0.05, 0.1) is 23.3 Å². The average Bonchev–Trinajstić information content (AvgIpc) is 2.83. The number of β-amino-alcohol motifs (C(OH)–C–C–N with tert-alkyl or cyclic N) is 1. The Bertz CT molecular complexity index is 664. The number of methoxy groups -OCH3 is 1. The predicted molar refractivity (Wildman–Crippen MR) is 76.8 cm³/mol. The van der Waals surface area contributed by atoms with Crippen LogP contribution in [0.1, 0.15) is 6.42 Å². The number of ether oxygens (including phenoxy) is 1. The highest BCUT2D eigenvalue weighted by atomic mass is 35.5. The number of carbonyl (C=O) groups is 1. The van der Waals surface area contributed by atoms with Crippen LogP contribution >= 0.6 is 23.2 Å². The standard InChI is InChI=1S/C12H13Cl2NO5S/c1-20-12(17)9-5-7(16)6-15(9)21(18,19)10-4-2-3-8(13)11(10)14/h2-4,7,9,16H,5-6H2,1H3. The van der Waals surface area contributed by atoms with E-state index >= 15 is 0 Å². The normalized spacial score (nSPS) is 23.2. The van der Waals surface area contributed by atoms with E-state index in [1.54, 1.807) is 0 Å². The summed E-state index contributed by atoms with van der Waals surface area (Å²) >= 11 is 11.8. The van der Waals surface area contributed by atoms with Gasteiger partial charge in [-0.15, -0.1) is 0 Å². The third kappa shape index (κ3) is 3.02. The van der Waals surface area contributed by atoms with Gasteiger partial charge in [0.15, 0.2) is 0 Å². The van der Waals surface area contributed by atoms with Gasteiger partial charge in [0.1, 0.15) is 10.9 Å². The van der Waals surface area contributed by atoms with Gasteiger partial charge in [-0.2, -0.15) is 4.31 Å². The molecule has 9 heteroatoms. The molecule has 1 aliphatic rings. The lowest BCUT2D eigenvalue weighted by Crippen LogP contribution is -2.41. The smallest absolute Gasteiger partial charge is 0.324 e. The third-order valence-electron chi connectivity index (χ3n) is 3.21. The Kier molecular flexibility index (Phi) is 4.79. The summed E-state index contributed by atoms with van der Waals surface area (Å²) in [7, 11) is -2.92. The maximum absolute atomic E-state index is 12.6. The molecule has 1 aromatic carbocycles. The van der Waals surface area contributed by atoms with Crippen LogP contribution in [0.3, 0.4) is 0 Å². The number of sulfonamides is 1. The summed E-state index contributed by atoms with van der Waals surface area (Å²) in [4.78, 5) is 11.5. The minimum Gasteiger partial charge on any atom is -0.468 e. The van der Waals surface area contributed by atoms with Gasteiger partial charge in [0.25, 0.3) is 0 Å². The zero-order valence-corrected chi connectivity index (χ0v) is 13.3. The first-order valence-corrected chi connectivity index (χ1v) is 8.20. The largest absolute Gasteiger partial charge is 0.468 e. The highest BCUT2D eigenvalue weighted by Crippen LogP contribution is 2.34. The summed E-state index contributed by atoms with van der Waals surface area (Å²) in [6.45, 7) is -0.203. The fourth-order valence-corrected chi connectivity index (χ4v) is 4.57. The van der Waals surface area contributed by atoms with Crippen molar-refractivity contribution in [1.82, 2.24) is 4.31 Å². The molecule has 1 heterocycles. The van der Waals surface area contributed by atoms with Crippen LogP contribution in [0.15, 0.2) is 23.1 Å². The van der Waals surface area contributed by atoms with E-state index in [9.17, 15) is 18.3 Å². The minimum absolute atomic E-state index is 0.0237. The second-order valence-corrected chi connectivity index (χ2v) is 7.20. The molecule has 0 amide bonds. The number of rotatable bonds is 3. The molecule has 1 aliphatic heterocycles. The number of esters is 1. The van der Waals surface area contributed by atoms with Crippen molar-refractivity contribution >= 4 is 39.2 Å². The quantitative estimate of drug-likeness (QED) is 0.827. The van der Waals surface area contributed by atoms with Crippen molar-refractivity contribution in [2.75, 3.05) is 13.7 Å². The molecule has 0 radical (unpaired) electrons. The third-order valence-corrected chi connectivity index (χ3v) is 6.06. The molecule has 0 saturated carbocycles. The van der Waals surface area contributed by atoms with Crippen LogP contribution in [0.25, 0.3) is 0 Å². The zero-order valence-electron chi connectivity index (χ0n) is 11.0. The average molecular weight is 354 g/mol. The topological polar surface area (TPSA) is 83.9 Å². The molecule has 116 valence electrons. The van der Waals surface area contributed by atoms with Crippen molar-refractivity contribution in [1.29, 1.82) is 0 Å². The number of aliphatic hydroxyl groups is 1. The number of benzene rings is 1. The van der Waals surface area contributed by atoms with E-state index in [1.807, 2.05) is 0 Å². The Morgan fingerprint density at radius 1 is 1.43 bits per heavy atom. The van der Waals surface area contributed by atoms with E-state index in [4.69, 9.17) is 23.2 Å². The molecular formula is C12H13Cl2NO5S. The van der Waals surface area contributed by atoms with Gasteiger partial charge in [-0.1, -0.05) is 29.3 Å². The molecule has 21 heavy (non-hydrogen) atoms. The maximum Gasteiger partial charge on any atom is 0.324 e. The molecule has 1 N–H and O–H groups in total. The Morgan fingerprint density at radius 3 is 2.71 bits per heavy atom. The van der Waals surface area contributed by atoms with E-state index in [0.717, 1.165) is 11.4 Å². The van der Waals surface area contributed by atoms with Gasteiger partial charge < -0.3 is 9.84 Å². The zero-order chi connectivity index (χ0) is 15.8. The number of carbonyl (C=O) groups excluding carboxylic acids is 1. The summed E-state index contributed by atoms with van der Waals surface area (Å²) < 4.78 is 30.8. The Balaban J connectivity index is 2.47. The van der Waals surface area contributed by atoms with Crippen molar-refractivity contribution < 1.29 is 23.1 Å². The first-order valence-electron chi connectivity index (χ1n) is 6.00. The van der Waals surface area contributed by atoms with Crippen molar-refractivity contribution in [3.63, 3.8) is 0 Å². The minimum atomic E-state index is -4.07.